The minimum Gasteiger partial charge on any atom is -0.370 e. The Morgan fingerprint density at radius 3 is 2.81 bits per heavy atom. The SMILES string of the molecule is NC(=O)CC[CH]C(=O)N1CCC2C1C(=O)CN2C(=O)Cc1cccnc1. The third-order valence-electron chi connectivity index (χ3n) is 4.81. The summed E-state index contributed by atoms with van der Waals surface area (Å²) in [4.78, 5) is 55.2. The number of carbonyl (C=O) groups is 4. The highest BCUT2D eigenvalue weighted by atomic mass is 16.2. The molecule has 0 saturated carbocycles. The molecule has 137 valence electrons. The maximum atomic E-state index is 12.6. The van der Waals surface area contributed by atoms with Crippen molar-refractivity contribution in [3.8, 4) is 0 Å². The Labute approximate surface area is 151 Å². The molecule has 0 aliphatic carbocycles. The fourth-order valence-electron chi connectivity index (χ4n) is 3.62. The zero-order chi connectivity index (χ0) is 18.7. The van der Waals surface area contributed by atoms with Crippen LogP contribution in [0.4, 0.5) is 0 Å². The van der Waals surface area contributed by atoms with Crippen LogP contribution >= 0.6 is 0 Å². The third kappa shape index (κ3) is 3.74. The summed E-state index contributed by atoms with van der Waals surface area (Å²) < 4.78 is 0. The fraction of sp³-hybridized carbons (Fsp3) is 0.444. The van der Waals surface area contributed by atoms with Gasteiger partial charge in [0.15, 0.2) is 5.78 Å². The van der Waals surface area contributed by atoms with Crippen LogP contribution in [0.1, 0.15) is 24.8 Å². The number of amides is 3. The Morgan fingerprint density at radius 2 is 2.12 bits per heavy atom. The van der Waals surface area contributed by atoms with Gasteiger partial charge in [0.1, 0.15) is 6.04 Å². The summed E-state index contributed by atoms with van der Waals surface area (Å²) in [6.07, 6.45) is 5.76. The zero-order valence-electron chi connectivity index (χ0n) is 14.3. The predicted molar refractivity (Wildman–Crippen MR) is 91.3 cm³/mol. The van der Waals surface area contributed by atoms with E-state index in [0.29, 0.717) is 13.0 Å². The van der Waals surface area contributed by atoms with E-state index in [-0.39, 0.29) is 49.4 Å². The summed E-state index contributed by atoms with van der Waals surface area (Å²) in [5.41, 5.74) is 5.86. The van der Waals surface area contributed by atoms with Crippen LogP contribution in [0.5, 0.6) is 0 Å². The van der Waals surface area contributed by atoms with Gasteiger partial charge >= 0.3 is 0 Å². The number of likely N-dealkylation sites (tertiary alicyclic amines) is 2. The van der Waals surface area contributed by atoms with Gasteiger partial charge in [-0.05, 0) is 24.5 Å². The maximum Gasteiger partial charge on any atom is 0.227 e. The Balaban J connectivity index is 1.62. The second kappa shape index (κ2) is 7.63. The molecule has 2 saturated heterocycles. The lowest BCUT2D eigenvalue weighted by molar-refractivity contribution is -0.133. The van der Waals surface area contributed by atoms with Crippen molar-refractivity contribution in [3.63, 3.8) is 0 Å². The normalized spacial score (nSPS) is 21.8. The molecule has 2 fully saturated rings. The highest BCUT2D eigenvalue weighted by Gasteiger charge is 2.50. The van der Waals surface area contributed by atoms with Gasteiger partial charge in [0.25, 0.3) is 0 Å². The molecule has 2 unspecified atom stereocenters. The number of primary amides is 1. The van der Waals surface area contributed by atoms with E-state index in [1.807, 2.05) is 6.07 Å². The number of ketones is 1. The molecule has 1 radical (unpaired) electrons. The number of nitrogens with zero attached hydrogens (tertiary/aromatic N) is 3. The van der Waals surface area contributed by atoms with E-state index in [4.69, 9.17) is 5.73 Å². The standard InChI is InChI=1S/C18H21N4O4/c19-15(24)4-1-5-16(25)21-8-6-13-18(21)14(23)11-22(13)17(26)9-12-3-2-7-20-10-12/h2-3,5,7,10,13,18H,1,4,6,8-9,11H2,(H2,19,24). The van der Waals surface area contributed by atoms with E-state index in [9.17, 15) is 19.2 Å². The van der Waals surface area contributed by atoms with Crippen LogP contribution in [-0.4, -0.2) is 63.5 Å². The van der Waals surface area contributed by atoms with Crippen LogP contribution in [-0.2, 0) is 25.6 Å². The molecule has 8 heteroatoms. The first-order valence-corrected chi connectivity index (χ1v) is 8.60. The van der Waals surface area contributed by atoms with Crippen molar-refractivity contribution >= 4 is 23.5 Å². The molecule has 2 atom stereocenters. The van der Waals surface area contributed by atoms with Gasteiger partial charge in [-0.25, -0.2) is 0 Å². The third-order valence-corrected chi connectivity index (χ3v) is 4.81. The minimum atomic E-state index is -0.592. The first-order valence-electron chi connectivity index (χ1n) is 8.60. The van der Waals surface area contributed by atoms with Crippen LogP contribution in [0.3, 0.4) is 0 Å². The lowest BCUT2D eigenvalue weighted by Crippen LogP contribution is -2.43. The van der Waals surface area contributed by atoms with Crippen LogP contribution in [0.25, 0.3) is 0 Å². The van der Waals surface area contributed by atoms with Crippen molar-refractivity contribution in [1.82, 2.24) is 14.8 Å². The van der Waals surface area contributed by atoms with Crippen LogP contribution in [0.15, 0.2) is 24.5 Å². The number of rotatable bonds is 6. The van der Waals surface area contributed by atoms with Crippen molar-refractivity contribution in [3.05, 3.63) is 36.5 Å². The molecule has 0 bridgehead atoms. The van der Waals surface area contributed by atoms with Gasteiger partial charge in [0.05, 0.1) is 25.4 Å². The van der Waals surface area contributed by atoms with E-state index in [1.165, 1.54) is 11.3 Å². The molecule has 8 nitrogen and oxygen atoms in total. The number of carbonyl (C=O) groups excluding carboxylic acids is 4. The second-order valence-electron chi connectivity index (χ2n) is 6.57. The maximum absolute atomic E-state index is 12.6. The summed E-state index contributed by atoms with van der Waals surface area (Å²) in [5.74, 6) is -1.01. The van der Waals surface area contributed by atoms with Crippen molar-refractivity contribution in [2.24, 2.45) is 5.73 Å². The quantitative estimate of drug-likeness (QED) is 0.735. The Bertz CT molecular complexity index is 721. The predicted octanol–water partition coefficient (Wildman–Crippen LogP) is -0.525. The molecule has 2 aliphatic heterocycles. The number of nitrogens with two attached hydrogens (primary N) is 1. The number of hydrogen-bond donors (Lipinski definition) is 1. The smallest absolute Gasteiger partial charge is 0.227 e. The summed E-state index contributed by atoms with van der Waals surface area (Å²) in [6, 6.07) is 2.71. The Hall–Kier alpha value is -2.77. The molecule has 26 heavy (non-hydrogen) atoms. The van der Waals surface area contributed by atoms with Gasteiger partial charge in [-0.2, -0.15) is 0 Å². The summed E-state index contributed by atoms with van der Waals surface area (Å²) in [7, 11) is 0. The monoisotopic (exact) mass is 357 g/mol. The number of pyridine rings is 1. The molecule has 3 rings (SSSR count). The lowest BCUT2D eigenvalue weighted by atomic mass is 10.1. The number of Topliss-reactive ketones (excluding diaryl/α,β-unsaturated/α-hetero) is 1. The molecule has 0 spiro atoms. The number of fused-ring (bicyclic) bond motifs is 1. The van der Waals surface area contributed by atoms with Gasteiger partial charge in [-0.15, -0.1) is 0 Å². The molecule has 3 amide bonds. The van der Waals surface area contributed by atoms with Gasteiger partial charge in [0.2, 0.25) is 17.7 Å². The van der Waals surface area contributed by atoms with Crippen LogP contribution < -0.4 is 5.73 Å². The van der Waals surface area contributed by atoms with Gasteiger partial charge in [0, 0.05) is 25.4 Å². The van der Waals surface area contributed by atoms with E-state index >= 15 is 0 Å². The topological polar surface area (TPSA) is 114 Å². The largest absolute Gasteiger partial charge is 0.370 e. The molecule has 1 aromatic heterocycles. The highest BCUT2D eigenvalue weighted by molar-refractivity contribution is 5.99. The van der Waals surface area contributed by atoms with Gasteiger partial charge in [-0.3, -0.25) is 24.2 Å². The second-order valence-corrected chi connectivity index (χ2v) is 6.57. The average molecular weight is 357 g/mol. The first kappa shape index (κ1) is 18.0. The van der Waals surface area contributed by atoms with E-state index in [2.05, 4.69) is 4.98 Å². The zero-order valence-corrected chi connectivity index (χ0v) is 14.3. The van der Waals surface area contributed by atoms with Crippen molar-refractivity contribution in [2.75, 3.05) is 13.1 Å². The summed E-state index contributed by atoms with van der Waals surface area (Å²) in [5, 5.41) is 0. The van der Waals surface area contributed by atoms with Gasteiger partial charge < -0.3 is 15.5 Å². The molecular formula is C18H21N4O4. The molecular weight excluding hydrogens is 336 g/mol. The van der Waals surface area contributed by atoms with E-state index in [0.717, 1.165) is 5.56 Å². The van der Waals surface area contributed by atoms with E-state index in [1.54, 1.807) is 23.4 Å². The van der Waals surface area contributed by atoms with Crippen molar-refractivity contribution in [2.45, 2.75) is 37.8 Å². The molecule has 2 N–H and O–H groups in total. The summed E-state index contributed by atoms with van der Waals surface area (Å²) >= 11 is 0. The lowest BCUT2D eigenvalue weighted by Gasteiger charge is -2.24. The fourth-order valence-corrected chi connectivity index (χ4v) is 3.62. The Kier molecular flexibility index (Phi) is 5.29. The summed E-state index contributed by atoms with van der Waals surface area (Å²) in [6.45, 7) is 0.448. The van der Waals surface area contributed by atoms with Crippen LogP contribution in [0, 0.1) is 6.42 Å². The molecule has 1 aromatic rings. The number of aromatic nitrogens is 1. The minimum absolute atomic E-state index is 0.0273. The molecule has 2 aliphatic rings. The van der Waals surface area contributed by atoms with Crippen molar-refractivity contribution in [1.29, 1.82) is 0 Å². The first-order chi connectivity index (χ1) is 12.5. The molecule has 3 heterocycles. The van der Waals surface area contributed by atoms with Crippen LogP contribution in [0.2, 0.25) is 0 Å². The van der Waals surface area contributed by atoms with E-state index < -0.39 is 11.9 Å². The van der Waals surface area contributed by atoms with Crippen molar-refractivity contribution < 1.29 is 19.2 Å². The highest BCUT2D eigenvalue weighted by Crippen LogP contribution is 2.30. The average Bonchev–Trinajstić information content (AvgIpc) is 3.17. The Morgan fingerprint density at radius 1 is 1.31 bits per heavy atom. The molecule has 0 aromatic carbocycles. The van der Waals surface area contributed by atoms with Gasteiger partial charge in [-0.1, -0.05) is 6.07 Å². The number of hydrogen-bond acceptors (Lipinski definition) is 5.